The molecule has 2 N–H and O–H groups in total. The van der Waals surface area contributed by atoms with E-state index < -0.39 is 5.97 Å². The van der Waals surface area contributed by atoms with Crippen molar-refractivity contribution < 1.29 is 9.53 Å². The maximum atomic E-state index is 12.1. The van der Waals surface area contributed by atoms with Gasteiger partial charge in [-0.1, -0.05) is 0 Å². The van der Waals surface area contributed by atoms with Crippen LogP contribution in [0.3, 0.4) is 0 Å². The van der Waals surface area contributed by atoms with Gasteiger partial charge in [0.2, 0.25) is 0 Å². The highest BCUT2D eigenvalue weighted by Gasteiger charge is 2.23. The van der Waals surface area contributed by atoms with Gasteiger partial charge in [-0.2, -0.15) is 10.5 Å². The van der Waals surface area contributed by atoms with E-state index in [4.69, 9.17) is 10.5 Å². The number of aromatic nitrogens is 2. The molecule has 3 rings (SSSR count). The lowest BCUT2D eigenvalue weighted by atomic mass is 10.1. The molecular formula is C17H11N5O2. The van der Waals surface area contributed by atoms with Crippen LogP contribution in [0.4, 0.5) is 5.69 Å². The number of nitrogens with two attached hydrogens (primary N) is 1. The SMILES string of the molecule is COC(=O)c1c(N)c(C#N)cn1-c1ccc2ncccc2c1C#N. The summed E-state index contributed by atoms with van der Waals surface area (Å²) in [6.07, 6.45) is 3.05. The number of carbonyl (C=O) groups excluding carboxylic acids is 1. The normalized spacial score (nSPS) is 10.1. The number of rotatable bonds is 2. The van der Waals surface area contributed by atoms with E-state index in [1.165, 1.54) is 17.9 Å². The lowest BCUT2D eigenvalue weighted by molar-refractivity contribution is 0.0593. The Hall–Kier alpha value is -3.84. The molecule has 2 aromatic heterocycles. The Morgan fingerprint density at radius 1 is 1.29 bits per heavy atom. The number of hydrogen-bond donors (Lipinski definition) is 1. The molecule has 0 aliphatic carbocycles. The summed E-state index contributed by atoms with van der Waals surface area (Å²) in [5, 5.41) is 19.4. The Bertz CT molecular complexity index is 1050. The predicted molar refractivity (Wildman–Crippen MR) is 86.3 cm³/mol. The number of ether oxygens (including phenoxy) is 1. The van der Waals surface area contributed by atoms with Crippen LogP contribution >= 0.6 is 0 Å². The van der Waals surface area contributed by atoms with Gasteiger partial charge in [-0.3, -0.25) is 4.98 Å². The van der Waals surface area contributed by atoms with Crippen molar-refractivity contribution in [2.75, 3.05) is 12.8 Å². The topological polar surface area (TPSA) is 118 Å². The van der Waals surface area contributed by atoms with Crippen LogP contribution < -0.4 is 5.73 Å². The fraction of sp³-hybridized carbons (Fsp3) is 0.0588. The van der Waals surface area contributed by atoms with Crippen LogP contribution in [0.25, 0.3) is 16.6 Å². The minimum Gasteiger partial charge on any atom is -0.464 e. The van der Waals surface area contributed by atoms with E-state index in [1.807, 2.05) is 6.07 Å². The first-order valence-corrected chi connectivity index (χ1v) is 6.89. The second-order valence-corrected chi connectivity index (χ2v) is 4.92. The summed E-state index contributed by atoms with van der Waals surface area (Å²) in [6, 6.07) is 10.9. The van der Waals surface area contributed by atoms with Crippen molar-refractivity contribution in [1.29, 1.82) is 10.5 Å². The van der Waals surface area contributed by atoms with Crippen molar-refractivity contribution >= 4 is 22.6 Å². The number of esters is 1. The van der Waals surface area contributed by atoms with Gasteiger partial charge in [-0.15, -0.1) is 0 Å². The molecule has 0 saturated heterocycles. The third-order valence-electron chi connectivity index (χ3n) is 3.68. The van der Waals surface area contributed by atoms with Crippen LogP contribution in [0.5, 0.6) is 0 Å². The number of fused-ring (bicyclic) bond motifs is 1. The molecule has 0 aliphatic heterocycles. The van der Waals surface area contributed by atoms with E-state index >= 15 is 0 Å². The number of nitrogens with zero attached hydrogens (tertiary/aromatic N) is 4. The summed E-state index contributed by atoms with van der Waals surface area (Å²) in [4.78, 5) is 16.3. The van der Waals surface area contributed by atoms with Crippen LogP contribution in [0, 0.1) is 22.7 Å². The van der Waals surface area contributed by atoms with Gasteiger partial charge in [0, 0.05) is 17.8 Å². The van der Waals surface area contributed by atoms with Gasteiger partial charge in [0.05, 0.1) is 35.1 Å². The third kappa shape index (κ3) is 2.13. The lowest BCUT2D eigenvalue weighted by Crippen LogP contribution is -2.12. The molecule has 24 heavy (non-hydrogen) atoms. The molecule has 0 unspecified atom stereocenters. The average Bonchev–Trinajstić information content (AvgIpc) is 2.96. The van der Waals surface area contributed by atoms with Crippen molar-refractivity contribution in [3.8, 4) is 17.8 Å². The highest BCUT2D eigenvalue weighted by molar-refractivity contribution is 5.97. The van der Waals surface area contributed by atoms with Crippen molar-refractivity contribution in [1.82, 2.24) is 9.55 Å². The minimum atomic E-state index is -0.691. The Morgan fingerprint density at radius 3 is 2.75 bits per heavy atom. The van der Waals surface area contributed by atoms with Crippen LogP contribution in [0.2, 0.25) is 0 Å². The van der Waals surface area contributed by atoms with Gasteiger partial charge in [0.15, 0.2) is 5.69 Å². The molecule has 116 valence electrons. The number of pyridine rings is 1. The molecule has 1 aromatic carbocycles. The molecule has 7 heteroatoms. The number of anilines is 1. The highest BCUT2D eigenvalue weighted by atomic mass is 16.5. The fourth-order valence-electron chi connectivity index (χ4n) is 2.56. The largest absolute Gasteiger partial charge is 0.464 e. The summed E-state index contributed by atoms with van der Waals surface area (Å²) < 4.78 is 6.16. The predicted octanol–water partition coefficient (Wildman–Crippen LogP) is 2.14. The molecular weight excluding hydrogens is 306 g/mol. The zero-order valence-corrected chi connectivity index (χ0v) is 12.6. The van der Waals surface area contributed by atoms with E-state index in [0.29, 0.717) is 22.2 Å². The molecule has 2 heterocycles. The minimum absolute atomic E-state index is 0.00814. The molecule has 3 aromatic rings. The van der Waals surface area contributed by atoms with Crippen LogP contribution in [-0.2, 0) is 4.74 Å². The molecule has 0 saturated carbocycles. The Kier molecular flexibility index (Phi) is 3.61. The zero-order chi connectivity index (χ0) is 17.3. The van der Waals surface area contributed by atoms with Crippen LogP contribution in [0.1, 0.15) is 21.6 Å². The van der Waals surface area contributed by atoms with Gasteiger partial charge in [-0.25, -0.2) is 4.79 Å². The summed E-state index contributed by atoms with van der Waals surface area (Å²) in [7, 11) is 1.22. The maximum Gasteiger partial charge on any atom is 0.357 e. The molecule has 0 amide bonds. The van der Waals surface area contributed by atoms with Crippen molar-refractivity contribution in [3.63, 3.8) is 0 Å². The van der Waals surface area contributed by atoms with E-state index in [-0.39, 0.29) is 16.9 Å². The summed E-state index contributed by atoms with van der Waals surface area (Å²) in [6.45, 7) is 0. The second kappa shape index (κ2) is 5.75. The first-order chi connectivity index (χ1) is 11.6. The lowest BCUT2D eigenvalue weighted by Gasteiger charge is -2.11. The van der Waals surface area contributed by atoms with E-state index in [0.717, 1.165) is 0 Å². The number of benzene rings is 1. The van der Waals surface area contributed by atoms with Crippen molar-refractivity contribution in [2.45, 2.75) is 0 Å². The van der Waals surface area contributed by atoms with Gasteiger partial charge in [-0.05, 0) is 24.3 Å². The van der Waals surface area contributed by atoms with Gasteiger partial charge >= 0.3 is 5.97 Å². The maximum absolute atomic E-state index is 12.1. The quantitative estimate of drug-likeness (QED) is 0.723. The highest BCUT2D eigenvalue weighted by Crippen LogP contribution is 2.29. The molecule has 0 aliphatic rings. The molecule has 0 fully saturated rings. The van der Waals surface area contributed by atoms with Gasteiger partial charge in [0.25, 0.3) is 0 Å². The molecule has 0 atom stereocenters. The zero-order valence-electron chi connectivity index (χ0n) is 12.6. The first kappa shape index (κ1) is 15.1. The second-order valence-electron chi connectivity index (χ2n) is 4.92. The standard InChI is InChI=1S/C17H11N5O2/c1-24-17(23)16-15(20)10(7-18)9-22(16)14-5-4-13-11(12(14)8-19)3-2-6-21-13/h2-6,9H,20H2,1H3. The monoisotopic (exact) mass is 317 g/mol. The van der Waals surface area contributed by atoms with Crippen LogP contribution in [-0.4, -0.2) is 22.6 Å². The Balaban J connectivity index is 2.39. The van der Waals surface area contributed by atoms with Gasteiger partial charge in [0.1, 0.15) is 12.1 Å². The fourth-order valence-corrected chi connectivity index (χ4v) is 2.56. The van der Waals surface area contributed by atoms with Crippen LogP contribution in [0.15, 0.2) is 36.7 Å². The Labute approximate surface area is 137 Å². The number of hydrogen-bond acceptors (Lipinski definition) is 6. The summed E-state index contributed by atoms with van der Waals surface area (Å²) in [5.41, 5.74) is 7.44. The first-order valence-electron chi connectivity index (χ1n) is 6.89. The smallest absolute Gasteiger partial charge is 0.357 e. The number of methoxy groups -OCH3 is 1. The average molecular weight is 317 g/mol. The number of carbonyl (C=O) groups is 1. The molecule has 0 bridgehead atoms. The van der Waals surface area contributed by atoms with E-state index in [2.05, 4.69) is 11.1 Å². The summed E-state index contributed by atoms with van der Waals surface area (Å²) in [5.74, 6) is -0.691. The molecule has 0 spiro atoms. The Morgan fingerprint density at radius 2 is 2.08 bits per heavy atom. The summed E-state index contributed by atoms with van der Waals surface area (Å²) >= 11 is 0. The van der Waals surface area contributed by atoms with E-state index in [9.17, 15) is 15.3 Å². The van der Waals surface area contributed by atoms with Crippen molar-refractivity contribution in [3.05, 3.63) is 53.5 Å². The number of nitriles is 2. The van der Waals surface area contributed by atoms with Crippen molar-refractivity contribution in [2.24, 2.45) is 0 Å². The third-order valence-corrected chi connectivity index (χ3v) is 3.68. The van der Waals surface area contributed by atoms with E-state index in [1.54, 1.807) is 30.5 Å². The number of nitrogen functional groups attached to an aromatic ring is 1. The van der Waals surface area contributed by atoms with Gasteiger partial charge < -0.3 is 15.0 Å². The molecule has 0 radical (unpaired) electrons. The molecule has 7 nitrogen and oxygen atoms in total.